The van der Waals surface area contributed by atoms with E-state index in [1.165, 1.54) is 10.9 Å². The van der Waals surface area contributed by atoms with E-state index < -0.39 is 0 Å². The molecule has 0 saturated heterocycles. The van der Waals surface area contributed by atoms with Crippen LogP contribution in [0, 0.1) is 11.3 Å². The van der Waals surface area contributed by atoms with E-state index in [0.717, 1.165) is 6.54 Å². The summed E-state index contributed by atoms with van der Waals surface area (Å²) in [4.78, 5) is 15.7. The number of hydrogen-bond acceptors (Lipinski definition) is 7. The van der Waals surface area contributed by atoms with Crippen molar-refractivity contribution in [1.82, 2.24) is 10.3 Å². The average Bonchev–Trinajstić information content (AvgIpc) is 3.01. The summed E-state index contributed by atoms with van der Waals surface area (Å²) in [5.41, 5.74) is 6.06. The molecule has 0 fully saturated rings. The van der Waals surface area contributed by atoms with Crippen molar-refractivity contribution in [2.45, 2.75) is 13.5 Å². The quantitative estimate of drug-likeness (QED) is 0.820. The Morgan fingerprint density at radius 3 is 2.86 bits per heavy atom. The lowest BCUT2D eigenvalue weighted by molar-refractivity contribution is 0.111. The SMILES string of the molecule is CCOc1nc(C=O)cc(N)c1C#N.CNCc1cccs1. The Morgan fingerprint density at radius 2 is 2.36 bits per heavy atom. The predicted octanol–water partition coefficient (Wildman–Crippen LogP) is 2.21. The van der Waals surface area contributed by atoms with E-state index in [0.29, 0.717) is 12.9 Å². The van der Waals surface area contributed by atoms with Crippen LogP contribution in [0.2, 0.25) is 0 Å². The fraction of sp³-hybridized carbons (Fsp3) is 0.267. The number of anilines is 1. The van der Waals surface area contributed by atoms with Gasteiger partial charge in [-0.2, -0.15) is 5.26 Å². The molecule has 0 aliphatic rings. The first kappa shape index (κ1) is 17.6. The smallest absolute Gasteiger partial charge is 0.234 e. The number of ether oxygens (including phenoxy) is 1. The summed E-state index contributed by atoms with van der Waals surface area (Å²) in [5.74, 6) is 0.108. The van der Waals surface area contributed by atoms with Gasteiger partial charge in [0.15, 0.2) is 6.29 Å². The van der Waals surface area contributed by atoms with Gasteiger partial charge in [0.25, 0.3) is 0 Å². The van der Waals surface area contributed by atoms with Crippen molar-refractivity contribution >= 4 is 23.3 Å². The minimum atomic E-state index is 0.108. The number of hydrogen-bond donors (Lipinski definition) is 2. The maximum atomic E-state index is 10.5. The van der Waals surface area contributed by atoms with Gasteiger partial charge in [-0.3, -0.25) is 4.79 Å². The topological polar surface area (TPSA) is 101 Å². The maximum Gasteiger partial charge on any atom is 0.234 e. The summed E-state index contributed by atoms with van der Waals surface area (Å²) in [7, 11) is 1.96. The van der Waals surface area contributed by atoms with Gasteiger partial charge in [-0.1, -0.05) is 6.07 Å². The van der Waals surface area contributed by atoms with Crippen LogP contribution in [0.3, 0.4) is 0 Å². The van der Waals surface area contributed by atoms with Gasteiger partial charge in [-0.25, -0.2) is 4.98 Å². The molecule has 2 aromatic rings. The third-order valence-electron chi connectivity index (χ3n) is 2.48. The number of nitrogens with one attached hydrogen (secondary N) is 1. The maximum absolute atomic E-state index is 10.5. The van der Waals surface area contributed by atoms with Crippen LogP contribution in [0.1, 0.15) is 27.9 Å². The molecule has 0 spiro atoms. The number of nitrogens with two attached hydrogens (primary N) is 1. The van der Waals surface area contributed by atoms with Gasteiger partial charge in [-0.15, -0.1) is 11.3 Å². The predicted molar refractivity (Wildman–Crippen MR) is 87.0 cm³/mol. The normalized spacial score (nSPS) is 9.32. The molecule has 7 heteroatoms. The molecule has 6 nitrogen and oxygen atoms in total. The average molecular weight is 318 g/mol. The molecule has 2 heterocycles. The van der Waals surface area contributed by atoms with Crippen LogP contribution in [0.5, 0.6) is 5.88 Å². The van der Waals surface area contributed by atoms with E-state index in [1.807, 2.05) is 13.1 Å². The molecule has 0 bridgehead atoms. The molecule has 22 heavy (non-hydrogen) atoms. The van der Waals surface area contributed by atoms with E-state index in [2.05, 4.69) is 27.8 Å². The highest BCUT2D eigenvalue weighted by atomic mass is 32.1. The summed E-state index contributed by atoms with van der Waals surface area (Å²) < 4.78 is 5.08. The van der Waals surface area contributed by atoms with Gasteiger partial charge in [0.05, 0.1) is 12.3 Å². The van der Waals surface area contributed by atoms with Crippen molar-refractivity contribution in [2.24, 2.45) is 0 Å². The number of nitriles is 1. The zero-order valence-electron chi connectivity index (χ0n) is 12.5. The highest BCUT2D eigenvalue weighted by Crippen LogP contribution is 2.21. The van der Waals surface area contributed by atoms with Gasteiger partial charge in [-0.05, 0) is 31.5 Å². The fourth-order valence-electron chi connectivity index (χ4n) is 1.56. The standard InChI is InChI=1S/C9H9N3O2.C6H9NS/c1-2-14-9-7(4-10)8(11)3-6(5-13)12-9;1-7-5-6-3-2-4-8-6/h3,5H,2H2,1H3,(H2,11,12);2-4,7H,5H2,1H3. The third kappa shape index (κ3) is 5.16. The van der Waals surface area contributed by atoms with Crippen molar-refractivity contribution in [1.29, 1.82) is 5.26 Å². The number of carbonyl (C=O) groups is 1. The molecular formula is C15H18N4O2S. The lowest BCUT2D eigenvalue weighted by Gasteiger charge is -2.06. The number of pyridine rings is 1. The Labute approximate surface area is 133 Å². The van der Waals surface area contributed by atoms with E-state index in [9.17, 15) is 4.79 Å². The summed E-state index contributed by atoms with van der Waals surface area (Å²) in [6.07, 6.45) is 0.556. The summed E-state index contributed by atoms with van der Waals surface area (Å²) >= 11 is 1.78. The van der Waals surface area contributed by atoms with Crippen LogP contribution in [0.25, 0.3) is 0 Å². The highest BCUT2D eigenvalue weighted by Gasteiger charge is 2.10. The van der Waals surface area contributed by atoms with Crippen LogP contribution < -0.4 is 15.8 Å². The lowest BCUT2D eigenvalue weighted by atomic mass is 10.2. The Kier molecular flexibility index (Phi) is 7.61. The molecule has 0 aliphatic carbocycles. The van der Waals surface area contributed by atoms with Crippen molar-refractivity contribution in [3.8, 4) is 11.9 Å². The number of thiophene rings is 1. The number of rotatable bonds is 5. The lowest BCUT2D eigenvalue weighted by Crippen LogP contribution is -2.03. The molecule has 2 aromatic heterocycles. The van der Waals surface area contributed by atoms with Crippen molar-refractivity contribution < 1.29 is 9.53 Å². The highest BCUT2D eigenvalue weighted by molar-refractivity contribution is 7.09. The third-order valence-corrected chi connectivity index (χ3v) is 3.36. The Morgan fingerprint density at radius 1 is 1.59 bits per heavy atom. The first-order valence-corrected chi connectivity index (χ1v) is 7.49. The number of aldehydes is 1. The summed E-state index contributed by atoms with van der Waals surface area (Å²) in [5, 5.41) is 13.9. The summed E-state index contributed by atoms with van der Waals surface area (Å²) in [6, 6.07) is 7.41. The molecule has 116 valence electrons. The molecule has 0 radical (unpaired) electrons. The van der Waals surface area contributed by atoms with Crippen LogP contribution >= 0.6 is 11.3 Å². The zero-order valence-corrected chi connectivity index (χ0v) is 13.3. The molecule has 3 N–H and O–H groups in total. The number of aromatic nitrogens is 1. The Balaban J connectivity index is 0.000000255. The molecule has 2 rings (SSSR count). The Bertz CT molecular complexity index is 636. The van der Waals surface area contributed by atoms with Crippen LogP contribution in [-0.4, -0.2) is 24.9 Å². The molecule has 0 aromatic carbocycles. The van der Waals surface area contributed by atoms with Gasteiger partial charge in [0.2, 0.25) is 5.88 Å². The van der Waals surface area contributed by atoms with Crippen LogP contribution in [0.4, 0.5) is 5.69 Å². The van der Waals surface area contributed by atoms with E-state index in [1.54, 1.807) is 18.3 Å². The molecule has 0 aliphatic heterocycles. The van der Waals surface area contributed by atoms with E-state index in [-0.39, 0.29) is 22.8 Å². The van der Waals surface area contributed by atoms with Crippen LogP contribution in [-0.2, 0) is 6.54 Å². The van der Waals surface area contributed by atoms with Crippen LogP contribution in [0.15, 0.2) is 23.6 Å². The van der Waals surface area contributed by atoms with Gasteiger partial charge in [0.1, 0.15) is 17.3 Å². The number of carbonyl (C=O) groups excluding carboxylic acids is 1. The second-order valence-corrected chi connectivity index (χ2v) is 5.12. The van der Waals surface area contributed by atoms with Gasteiger partial charge >= 0.3 is 0 Å². The monoisotopic (exact) mass is 318 g/mol. The molecule has 0 amide bonds. The van der Waals surface area contributed by atoms with Crippen molar-refractivity contribution in [3.63, 3.8) is 0 Å². The van der Waals surface area contributed by atoms with Crippen molar-refractivity contribution in [2.75, 3.05) is 19.4 Å². The molecular weight excluding hydrogens is 300 g/mol. The molecule has 0 saturated carbocycles. The fourth-order valence-corrected chi connectivity index (χ4v) is 2.28. The van der Waals surface area contributed by atoms with E-state index >= 15 is 0 Å². The molecule has 0 unspecified atom stereocenters. The minimum Gasteiger partial charge on any atom is -0.477 e. The minimum absolute atomic E-state index is 0.108. The second kappa shape index (κ2) is 9.50. The second-order valence-electron chi connectivity index (χ2n) is 4.09. The zero-order chi connectivity index (χ0) is 16.4. The first-order valence-electron chi connectivity index (χ1n) is 6.61. The Hall–Kier alpha value is -2.43. The van der Waals surface area contributed by atoms with Crippen molar-refractivity contribution in [3.05, 3.63) is 39.7 Å². The molecule has 0 atom stereocenters. The van der Waals surface area contributed by atoms with Gasteiger partial charge < -0.3 is 15.8 Å². The van der Waals surface area contributed by atoms with Gasteiger partial charge in [0, 0.05) is 11.4 Å². The number of nitrogens with zero attached hydrogens (tertiary/aromatic N) is 2. The first-order chi connectivity index (χ1) is 10.7. The summed E-state index contributed by atoms with van der Waals surface area (Å²) in [6.45, 7) is 3.12. The largest absolute Gasteiger partial charge is 0.477 e. The number of nitrogen functional groups attached to an aromatic ring is 1. The van der Waals surface area contributed by atoms with E-state index in [4.69, 9.17) is 15.7 Å².